The first-order chi connectivity index (χ1) is 12.3. The number of likely N-dealkylation sites (tertiary alicyclic amines) is 1. The number of aliphatic carboxylic acids is 1. The van der Waals surface area contributed by atoms with Crippen LogP contribution in [0.1, 0.15) is 43.4 Å². The molecule has 26 heavy (non-hydrogen) atoms. The second-order valence-electron chi connectivity index (χ2n) is 7.61. The van der Waals surface area contributed by atoms with E-state index in [1.54, 1.807) is 4.90 Å². The van der Waals surface area contributed by atoms with Gasteiger partial charge in [-0.1, -0.05) is 29.8 Å². The number of benzene rings is 1. The van der Waals surface area contributed by atoms with Crippen molar-refractivity contribution < 1.29 is 19.5 Å². The van der Waals surface area contributed by atoms with Crippen molar-refractivity contribution in [1.29, 1.82) is 0 Å². The molecule has 2 aliphatic rings. The Hall–Kier alpha value is -2.37. The van der Waals surface area contributed by atoms with Crippen LogP contribution in [0.4, 0.5) is 0 Å². The Morgan fingerprint density at radius 3 is 2.38 bits per heavy atom. The first-order valence-corrected chi connectivity index (χ1v) is 9.19. The van der Waals surface area contributed by atoms with E-state index in [1.165, 1.54) is 6.92 Å². The lowest BCUT2D eigenvalue weighted by molar-refractivity contribution is -0.142. The fourth-order valence-electron chi connectivity index (χ4n) is 3.90. The van der Waals surface area contributed by atoms with Crippen molar-refractivity contribution in [3.63, 3.8) is 0 Å². The van der Waals surface area contributed by atoms with Gasteiger partial charge in [0.15, 0.2) is 0 Å². The number of carbonyl (C=O) groups is 3. The van der Waals surface area contributed by atoms with E-state index in [-0.39, 0.29) is 30.7 Å². The van der Waals surface area contributed by atoms with E-state index in [0.717, 1.165) is 24.0 Å². The Morgan fingerprint density at radius 1 is 1.19 bits per heavy atom. The maximum atomic E-state index is 12.8. The summed E-state index contributed by atoms with van der Waals surface area (Å²) in [4.78, 5) is 37.6. The molecular weight excluding hydrogens is 332 g/mol. The van der Waals surface area contributed by atoms with Crippen molar-refractivity contribution in [3.8, 4) is 0 Å². The Morgan fingerprint density at radius 2 is 1.85 bits per heavy atom. The monoisotopic (exact) mass is 358 g/mol. The van der Waals surface area contributed by atoms with E-state index in [0.29, 0.717) is 12.5 Å². The van der Waals surface area contributed by atoms with Gasteiger partial charge >= 0.3 is 5.97 Å². The summed E-state index contributed by atoms with van der Waals surface area (Å²) in [6.45, 7) is 4.21. The smallest absolute Gasteiger partial charge is 0.308 e. The summed E-state index contributed by atoms with van der Waals surface area (Å²) in [6, 6.07) is 7.34. The predicted octanol–water partition coefficient (Wildman–Crippen LogP) is 2.13. The Kier molecular flexibility index (Phi) is 5.30. The van der Waals surface area contributed by atoms with Crippen LogP contribution in [0.5, 0.6) is 0 Å². The van der Waals surface area contributed by atoms with Gasteiger partial charge in [0.05, 0.1) is 18.4 Å². The van der Waals surface area contributed by atoms with Crippen LogP contribution in [0.2, 0.25) is 0 Å². The maximum absolute atomic E-state index is 12.8. The highest BCUT2D eigenvalue weighted by Gasteiger charge is 2.46. The van der Waals surface area contributed by atoms with Crippen molar-refractivity contribution in [1.82, 2.24) is 10.2 Å². The molecule has 1 heterocycles. The van der Waals surface area contributed by atoms with Crippen LogP contribution in [0.3, 0.4) is 0 Å². The molecule has 2 fully saturated rings. The number of carboxylic acid groups (broad SMARTS) is 1. The molecule has 2 amide bonds. The quantitative estimate of drug-likeness (QED) is 0.816. The number of carboxylic acids is 1. The molecule has 6 nitrogen and oxygen atoms in total. The third-order valence-electron chi connectivity index (χ3n) is 5.50. The van der Waals surface area contributed by atoms with Crippen molar-refractivity contribution >= 4 is 17.8 Å². The van der Waals surface area contributed by atoms with Crippen LogP contribution in [-0.4, -0.2) is 40.9 Å². The first kappa shape index (κ1) is 18.4. The summed E-state index contributed by atoms with van der Waals surface area (Å²) < 4.78 is 0. The number of hydrogen-bond acceptors (Lipinski definition) is 3. The molecule has 2 N–H and O–H groups in total. The van der Waals surface area contributed by atoms with Gasteiger partial charge in [0.2, 0.25) is 11.8 Å². The molecule has 3 rings (SSSR count). The summed E-state index contributed by atoms with van der Waals surface area (Å²) >= 11 is 0. The lowest BCUT2D eigenvalue weighted by Crippen LogP contribution is -2.35. The molecular formula is C20H26N2O4. The summed E-state index contributed by atoms with van der Waals surface area (Å²) in [5.74, 6) is -1.06. The molecule has 0 bridgehead atoms. The van der Waals surface area contributed by atoms with Crippen molar-refractivity contribution in [3.05, 3.63) is 35.4 Å². The standard InChI is InChI=1S/C20H26N2O4/c1-12-3-5-15(6-4-12)18(21-13(2)23)9-19(24)22-10-16(14-7-8-14)17(11-22)20(25)26/h3-6,14,16-18H,7-11H2,1-2H3,(H,21,23)(H,25,26)/t16-,17+,18?/m1/s1. The second kappa shape index (κ2) is 7.48. The molecule has 1 aromatic carbocycles. The summed E-state index contributed by atoms with van der Waals surface area (Å²) in [5, 5.41) is 12.3. The zero-order chi connectivity index (χ0) is 18.8. The lowest BCUT2D eigenvalue weighted by Gasteiger charge is -2.22. The summed E-state index contributed by atoms with van der Waals surface area (Å²) in [5.41, 5.74) is 1.99. The molecule has 1 aliphatic heterocycles. The lowest BCUT2D eigenvalue weighted by atomic mass is 9.92. The number of hydrogen-bond donors (Lipinski definition) is 2. The van der Waals surface area contributed by atoms with E-state index >= 15 is 0 Å². The number of rotatable bonds is 6. The van der Waals surface area contributed by atoms with Gasteiger partial charge in [0, 0.05) is 20.0 Å². The van der Waals surface area contributed by atoms with Crippen molar-refractivity contribution in [2.75, 3.05) is 13.1 Å². The number of carbonyl (C=O) groups excluding carboxylic acids is 2. The molecule has 3 atom stereocenters. The van der Waals surface area contributed by atoms with Crippen LogP contribution in [-0.2, 0) is 14.4 Å². The molecule has 0 radical (unpaired) electrons. The second-order valence-corrected chi connectivity index (χ2v) is 7.61. The highest BCUT2D eigenvalue weighted by molar-refractivity contribution is 5.81. The van der Waals surface area contributed by atoms with Crippen LogP contribution >= 0.6 is 0 Å². The third-order valence-corrected chi connectivity index (χ3v) is 5.50. The Balaban J connectivity index is 1.70. The van der Waals surface area contributed by atoms with E-state index in [9.17, 15) is 19.5 Å². The largest absolute Gasteiger partial charge is 0.481 e. The molecule has 140 valence electrons. The van der Waals surface area contributed by atoms with Gasteiger partial charge in [-0.15, -0.1) is 0 Å². The molecule has 1 saturated carbocycles. The summed E-state index contributed by atoms with van der Waals surface area (Å²) in [6.07, 6.45) is 2.27. The maximum Gasteiger partial charge on any atom is 0.308 e. The van der Waals surface area contributed by atoms with Gasteiger partial charge in [0.25, 0.3) is 0 Å². The minimum Gasteiger partial charge on any atom is -0.481 e. The van der Waals surface area contributed by atoms with Gasteiger partial charge in [-0.3, -0.25) is 14.4 Å². The highest BCUT2D eigenvalue weighted by Crippen LogP contribution is 2.44. The summed E-state index contributed by atoms with van der Waals surface area (Å²) in [7, 11) is 0. The fraction of sp³-hybridized carbons (Fsp3) is 0.550. The molecule has 1 aromatic rings. The molecule has 6 heteroatoms. The van der Waals surface area contributed by atoms with Gasteiger partial charge < -0.3 is 15.3 Å². The first-order valence-electron chi connectivity index (χ1n) is 9.19. The van der Waals surface area contributed by atoms with Gasteiger partial charge in [0.1, 0.15) is 0 Å². The zero-order valence-electron chi connectivity index (χ0n) is 15.3. The fourth-order valence-corrected chi connectivity index (χ4v) is 3.90. The van der Waals surface area contributed by atoms with Crippen LogP contribution in [0.15, 0.2) is 24.3 Å². The van der Waals surface area contributed by atoms with Crippen LogP contribution in [0.25, 0.3) is 0 Å². The highest BCUT2D eigenvalue weighted by atomic mass is 16.4. The third kappa shape index (κ3) is 4.23. The zero-order valence-corrected chi connectivity index (χ0v) is 15.3. The Bertz CT molecular complexity index is 696. The molecule has 0 aromatic heterocycles. The van der Waals surface area contributed by atoms with E-state index in [1.807, 2.05) is 31.2 Å². The van der Waals surface area contributed by atoms with E-state index in [4.69, 9.17) is 0 Å². The minimum absolute atomic E-state index is 0.0649. The molecule has 1 unspecified atom stereocenters. The van der Waals surface area contributed by atoms with Crippen LogP contribution in [0, 0.1) is 24.7 Å². The normalized spacial score (nSPS) is 23.5. The van der Waals surface area contributed by atoms with Crippen LogP contribution < -0.4 is 5.32 Å². The molecule has 1 saturated heterocycles. The minimum atomic E-state index is -0.811. The molecule has 1 aliphatic carbocycles. The van der Waals surface area contributed by atoms with E-state index in [2.05, 4.69) is 5.32 Å². The number of amides is 2. The number of aryl methyl sites for hydroxylation is 1. The SMILES string of the molecule is CC(=O)NC(CC(=O)N1C[C@H](C(=O)O)[C@@H](C2CC2)C1)c1ccc(C)cc1. The van der Waals surface area contributed by atoms with Gasteiger partial charge in [-0.05, 0) is 37.2 Å². The Labute approximate surface area is 153 Å². The number of nitrogens with zero attached hydrogens (tertiary/aromatic N) is 1. The predicted molar refractivity (Wildman–Crippen MR) is 96.3 cm³/mol. The van der Waals surface area contributed by atoms with Crippen molar-refractivity contribution in [2.24, 2.45) is 17.8 Å². The van der Waals surface area contributed by atoms with E-state index < -0.39 is 17.9 Å². The topological polar surface area (TPSA) is 86.7 Å². The average Bonchev–Trinajstić information content (AvgIpc) is 3.32. The van der Waals surface area contributed by atoms with Gasteiger partial charge in [-0.25, -0.2) is 0 Å². The number of nitrogens with one attached hydrogen (secondary N) is 1. The molecule has 0 spiro atoms. The van der Waals surface area contributed by atoms with Gasteiger partial charge in [-0.2, -0.15) is 0 Å². The van der Waals surface area contributed by atoms with Crippen molar-refractivity contribution in [2.45, 2.75) is 39.2 Å². The average molecular weight is 358 g/mol.